The zero-order valence-electron chi connectivity index (χ0n) is 15.6. The third-order valence-electron chi connectivity index (χ3n) is 4.18. The number of ether oxygens (including phenoxy) is 1. The van der Waals surface area contributed by atoms with Crippen molar-refractivity contribution in [1.82, 2.24) is 5.32 Å². The monoisotopic (exact) mass is 398 g/mol. The highest BCUT2D eigenvalue weighted by Gasteiger charge is 2.17. The summed E-state index contributed by atoms with van der Waals surface area (Å²) in [4.78, 5) is 27.6. The lowest BCUT2D eigenvalue weighted by atomic mass is 10.2. The van der Waals surface area contributed by atoms with Crippen molar-refractivity contribution in [2.45, 2.75) is 19.4 Å². The lowest BCUT2D eigenvalue weighted by molar-refractivity contribution is -0.118. The van der Waals surface area contributed by atoms with E-state index in [0.717, 1.165) is 16.3 Å². The van der Waals surface area contributed by atoms with Gasteiger partial charge in [-0.1, -0.05) is 6.07 Å². The molecule has 0 radical (unpaired) electrons. The molecule has 3 aromatic rings. The number of hydrogen-bond acceptors (Lipinski definition) is 5. The Kier molecular flexibility index (Phi) is 6.86. The highest BCUT2D eigenvalue weighted by molar-refractivity contribution is 7.09. The number of carbonyl (C=O) groups excluding carboxylic acids is 2. The van der Waals surface area contributed by atoms with Crippen LogP contribution in [0.3, 0.4) is 0 Å². The maximum atomic E-state index is 12.9. The molecular formula is C21H22N2O4S. The number of nitrogens with one attached hydrogen (secondary N) is 1. The average Bonchev–Trinajstić information content (AvgIpc) is 3.43. The number of benzene rings is 1. The van der Waals surface area contributed by atoms with E-state index in [0.29, 0.717) is 25.9 Å². The van der Waals surface area contributed by atoms with E-state index >= 15 is 0 Å². The fourth-order valence-corrected chi connectivity index (χ4v) is 3.41. The molecule has 1 aromatic carbocycles. The van der Waals surface area contributed by atoms with Crippen LogP contribution in [0.2, 0.25) is 0 Å². The second-order valence-corrected chi connectivity index (χ2v) is 7.13. The fourth-order valence-electron chi connectivity index (χ4n) is 2.72. The van der Waals surface area contributed by atoms with Crippen LogP contribution in [0.1, 0.15) is 28.3 Å². The smallest absolute Gasteiger partial charge is 0.286 e. The summed E-state index contributed by atoms with van der Waals surface area (Å²) < 4.78 is 10.2. The first-order chi connectivity index (χ1) is 13.7. The van der Waals surface area contributed by atoms with Gasteiger partial charge in [0.1, 0.15) is 5.75 Å². The number of anilines is 1. The Balaban J connectivity index is 1.58. The van der Waals surface area contributed by atoms with E-state index < -0.39 is 0 Å². The Bertz CT molecular complexity index is 874. The van der Waals surface area contributed by atoms with Crippen molar-refractivity contribution in [2.24, 2.45) is 0 Å². The molecule has 0 fully saturated rings. The van der Waals surface area contributed by atoms with Crippen molar-refractivity contribution in [3.63, 3.8) is 0 Å². The summed E-state index contributed by atoms with van der Waals surface area (Å²) in [7, 11) is 1.61. The van der Waals surface area contributed by atoms with Crippen LogP contribution in [0.25, 0.3) is 0 Å². The summed E-state index contributed by atoms with van der Waals surface area (Å²) in [5, 5.41) is 4.76. The average molecular weight is 398 g/mol. The molecule has 2 aromatic heterocycles. The number of nitrogens with zero attached hydrogens (tertiary/aromatic N) is 1. The van der Waals surface area contributed by atoms with E-state index in [2.05, 4.69) is 5.32 Å². The first-order valence-electron chi connectivity index (χ1n) is 8.96. The number of carbonyl (C=O) groups is 2. The van der Waals surface area contributed by atoms with Crippen LogP contribution in [-0.4, -0.2) is 25.5 Å². The zero-order valence-corrected chi connectivity index (χ0v) is 16.4. The molecule has 1 N–H and O–H groups in total. The molecule has 7 heteroatoms. The maximum Gasteiger partial charge on any atom is 0.286 e. The minimum atomic E-state index is -0.275. The molecule has 6 nitrogen and oxygen atoms in total. The molecule has 0 unspecified atom stereocenters. The van der Waals surface area contributed by atoms with Crippen LogP contribution in [0, 0.1) is 0 Å². The molecule has 0 bridgehead atoms. The SMILES string of the molecule is COc1ccc(N(Cc2cccs2)C(=O)CCCNC(=O)c2ccco2)cc1. The van der Waals surface area contributed by atoms with Crippen molar-refractivity contribution in [3.05, 3.63) is 70.8 Å². The van der Waals surface area contributed by atoms with Gasteiger partial charge in [0.25, 0.3) is 5.91 Å². The van der Waals surface area contributed by atoms with Crippen molar-refractivity contribution >= 4 is 28.8 Å². The Morgan fingerprint density at radius 1 is 1.14 bits per heavy atom. The molecule has 3 rings (SSSR count). The predicted octanol–water partition coefficient (Wildman–Crippen LogP) is 4.09. The summed E-state index contributed by atoms with van der Waals surface area (Å²) in [5.41, 5.74) is 0.818. The van der Waals surface area contributed by atoms with Gasteiger partial charge in [-0.3, -0.25) is 9.59 Å². The normalized spacial score (nSPS) is 10.5. The molecule has 0 aliphatic rings. The van der Waals surface area contributed by atoms with E-state index in [1.165, 1.54) is 6.26 Å². The number of furan rings is 1. The first kappa shape index (κ1) is 19.7. The molecule has 2 heterocycles. The quantitative estimate of drug-likeness (QED) is 0.551. The van der Waals surface area contributed by atoms with Crippen molar-refractivity contribution in [2.75, 3.05) is 18.6 Å². The third kappa shape index (κ3) is 5.23. The van der Waals surface area contributed by atoms with Gasteiger partial charge in [0.2, 0.25) is 5.91 Å². The van der Waals surface area contributed by atoms with E-state index in [1.807, 2.05) is 41.8 Å². The first-order valence-corrected chi connectivity index (χ1v) is 9.84. The highest BCUT2D eigenvalue weighted by atomic mass is 32.1. The van der Waals surface area contributed by atoms with Crippen LogP contribution in [-0.2, 0) is 11.3 Å². The van der Waals surface area contributed by atoms with Crippen molar-refractivity contribution in [1.29, 1.82) is 0 Å². The van der Waals surface area contributed by atoms with Gasteiger partial charge in [0, 0.05) is 23.5 Å². The van der Waals surface area contributed by atoms with Crippen LogP contribution in [0.15, 0.2) is 64.6 Å². The molecule has 0 saturated heterocycles. The van der Waals surface area contributed by atoms with Gasteiger partial charge < -0.3 is 19.4 Å². The van der Waals surface area contributed by atoms with Gasteiger partial charge in [-0.15, -0.1) is 11.3 Å². The van der Waals surface area contributed by atoms with Gasteiger partial charge in [-0.05, 0) is 54.3 Å². The standard InChI is InChI=1S/C21H22N2O4S/c1-26-17-10-8-16(9-11-17)23(15-18-5-4-14-28-18)20(24)7-2-12-22-21(25)19-6-3-13-27-19/h3-6,8-11,13-14H,2,7,12,15H2,1H3,(H,22,25). The van der Waals surface area contributed by atoms with Gasteiger partial charge in [0.05, 0.1) is 19.9 Å². The van der Waals surface area contributed by atoms with Gasteiger partial charge in [0.15, 0.2) is 5.76 Å². The minimum absolute atomic E-state index is 0.00538. The maximum absolute atomic E-state index is 12.9. The highest BCUT2D eigenvalue weighted by Crippen LogP contribution is 2.23. The van der Waals surface area contributed by atoms with Crippen LogP contribution < -0.4 is 15.0 Å². The Morgan fingerprint density at radius 3 is 2.61 bits per heavy atom. The summed E-state index contributed by atoms with van der Waals surface area (Å²) in [5.74, 6) is 0.741. The predicted molar refractivity (Wildman–Crippen MR) is 109 cm³/mol. The van der Waals surface area contributed by atoms with Crippen molar-refractivity contribution in [3.8, 4) is 5.75 Å². The third-order valence-corrected chi connectivity index (χ3v) is 5.04. The Morgan fingerprint density at radius 2 is 1.96 bits per heavy atom. The number of methoxy groups -OCH3 is 1. The molecule has 0 aliphatic heterocycles. The number of thiophene rings is 1. The minimum Gasteiger partial charge on any atom is -0.497 e. The summed E-state index contributed by atoms with van der Waals surface area (Å²) in [6.07, 6.45) is 2.33. The topological polar surface area (TPSA) is 71.8 Å². The molecule has 0 aliphatic carbocycles. The van der Waals surface area contributed by atoms with Gasteiger partial charge >= 0.3 is 0 Å². The molecule has 0 spiro atoms. The van der Waals surface area contributed by atoms with E-state index in [-0.39, 0.29) is 17.6 Å². The van der Waals surface area contributed by atoms with E-state index in [4.69, 9.17) is 9.15 Å². The lowest BCUT2D eigenvalue weighted by Gasteiger charge is -2.22. The molecule has 146 valence electrons. The summed E-state index contributed by atoms with van der Waals surface area (Å²) >= 11 is 1.62. The molecule has 0 atom stereocenters. The van der Waals surface area contributed by atoms with Crippen LogP contribution in [0.4, 0.5) is 5.69 Å². The second kappa shape index (κ2) is 9.75. The summed E-state index contributed by atoms with van der Waals surface area (Å²) in [6, 6.07) is 14.7. The van der Waals surface area contributed by atoms with E-state index in [9.17, 15) is 9.59 Å². The number of amides is 2. The molecule has 0 saturated carbocycles. The number of hydrogen-bond donors (Lipinski definition) is 1. The lowest BCUT2D eigenvalue weighted by Crippen LogP contribution is -2.31. The van der Waals surface area contributed by atoms with E-state index in [1.54, 1.807) is 35.5 Å². The largest absolute Gasteiger partial charge is 0.497 e. The molecule has 28 heavy (non-hydrogen) atoms. The Labute approximate surface area is 167 Å². The molecule has 2 amide bonds. The number of rotatable bonds is 9. The van der Waals surface area contributed by atoms with Gasteiger partial charge in [-0.2, -0.15) is 0 Å². The zero-order chi connectivity index (χ0) is 19.8. The van der Waals surface area contributed by atoms with Crippen LogP contribution in [0.5, 0.6) is 5.75 Å². The Hall–Kier alpha value is -3.06. The van der Waals surface area contributed by atoms with Crippen molar-refractivity contribution < 1.29 is 18.7 Å². The van der Waals surface area contributed by atoms with Gasteiger partial charge in [-0.25, -0.2) is 0 Å². The van der Waals surface area contributed by atoms with Crippen LogP contribution >= 0.6 is 11.3 Å². The fraction of sp³-hybridized carbons (Fsp3) is 0.238. The second-order valence-electron chi connectivity index (χ2n) is 6.09. The summed E-state index contributed by atoms with van der Waals surface area (Å²) in [6.45, 7) is 0.919. The molecular weight excluding hydrogens is 376 g/mol.